The van der Waals surface area contributed by atoms with Crippen LogP contribution in [-0.2, 0) is 10.3 Å². The molecule has 3 atom stereocenters. The number of ether oxygens (including phenoxy) is 2. The molecule has 3 aromatic rings. The summed E-state index contributed by atoms with van der Waals surface area (Å²) in [5.74, 6) is 0.159. The molecule has 0 spiro atoms. The Balaban J connectivity index is 1.74. The normalized spacial score (nSPS) is 19.6. The topological polar surface area (TPSA) is 112 Å². The van der Waals surface area contributed by atoms with Gasteiger partial charge in [0.15, 0.2) is 6.61 Å². The second-order valence-corrected chi connectivity index (χ2v) is 8.92. The van der Waals surface area contributed by atoms with Crippen LogP contribution >= 0.6 is 0 Å². The molecule has 1 aliphatic heterocycles. The van der Waals surface area contributed by atoms with Crippen LogP contribution < -0.4 is 15.8 Å². The maximum absolute atomic E-state index is 12.7. The molecule has 0 saturated heterocycles. The maximum atomic E-state index is 12.7. The van der Waals surface area contributed by atoms with Crippen molar-refractivity contribution in [1.29, 1.82) is 0 Å². The third-order valence-corrected chi connectivity index (χ3v) is 6.29. The third kappa shape index (κ3) is 5.00. The zero-order chi connectivity index (χ0) is 25.5. The van der Waals surface area contributed by atoms with E-state index in [1.165, 1.54) is 12.4 Å². The number of hydrogen-bond donors (Lipinski definition) is 2. The molecule has 0 radical (unpaired) electrons. The summed E-state index contributed by atoms with van der Waals surface area (Å²) in [5, 5.41) is 3.98. The molecule has 0 amide bonds. The molecule has 11 heteroatoms. The maximum Gasteiger partial charge on any atom is 0.422 e. The van der Waals surface area contributed by atoms with Crippen LogP contribution in [0.3, 0.4) is 0 Å². The molecular formula is C24H26F3N5O3. The lowest BCUT2D eigenvalue weighted by molar-refractivity contribution is -0.153. The number of rotatable bonds is 6. The number of esters is 1. The van der Waals surface area contributed by atoms with Gasteiger partial charge in [-0.1, -0.05) is 13.8 Å². The lowest BCUT2D eigenvalue weighted by Gasteiger charge is -2.27. The van der Waals surface area contributed by atoms with Crippen molar-refractivity contribution in [3.63, 3.8) is 0 Å². The van der Waals surface area contributed by atoms with Crippen LogP contribution in [0.2, 0.25) is 0 Å². The number of hydrogen-bond acceptors (Lipinski definition) is 8. The average Bonchev–Trinajstić information content (AvgIpc) is 2.80. The van der Waals surface area contributed by atoms with Crippen LogP contribution in [0.25, 0.3) is 10.8 Å². The van der Waals surface area contributed by atoms with Crippen molar-refractivity contribution in [2.24, 2.45) is 5.73 Å². The number of anilines is 2. The smallest absolute Gasteiger partial charge is 0.422 e. The molecular weight excluding hydrogens is 463 g/mol. The lowest BCUT2D eigenvalue weighted by Crippen LogP contribution is -2.32. The van der Waals surface area contributed by atoms with Gasteiger partial charge in [0.05, 0.1) is 16.6 Å². The van der Waals surface area contributed by atoms with Crippen molar-refractivity contribution in [2.75, 3.05) is 11.9 Å². The minimum absolute atomic E-state index is 0.0949. The van der Waals surface area contributed by atoms with Gasteiger partial charge in [-0.25, -0.2) is 19.7 Å². The van der Waals surface area contributed by atoms with E-state index in [1.807, 2.05) is 27.7 Å². The molecule has 35 heavy (non-hydrogen) atoms. The van der Waals surface area contributed by atoms with E-state index in [-0.39, 0.29) is 17.9 Å². The van der Waals surface area contributed by atoms with Crippen LogP contribution in [0.4, 0.5) is 24.8 Å². The number of pyridine rings is 3. The minimum atomic E-state index is -4.51. The molecule has 3 aromatic heterocycles. The quantitative estimate of drug-likeness (QED) is 0.468. The Bertz CT molecular complexity index is 1280. The van der Waals surface area contributed by atoms with Crippen molar-refractivity contribution in [3.8, 4) is 5.88 Å². The highest BCUT2D eigenvalue weighted by molar-refractivity contribution is 5.93. The summed E-state index contributed by atoms with van der Waals surface area (Å²) in [5.41, 5.74) is 7.34. The molecule has 0 saturated carbocycles. The van der Waals surface area contributed by atoms with Gasteiger partial charge in [-0.15, -0.1) is 0 Å². The Morgan fingerprint density at radius 3 is 2.57 bits per heavy atom. The molecule has 0 unspecified atom stereocenters. The van der Waals surface area contributed by atoms with Gasteiger partial charge in [-0.2, -0.15) is 13.2 Å². The molecule has 8 nitrogen and oxygen atoms in total. The van der Waals surface area contributed by atoms with Crippen molar-refractivity contribution in [1.82, 2.24) is 15.0 Å². The summed E-state index contributed by atoms with van der Waals surface area (Å²) in [6, 6.07) is 4.96. The van der Waals surface area contributed by atoms with E-state index in [0.717, 1.165) is 0 Å². The Morgan fingerprint density at radius 1 is 1.14 bits per heavy atom. The van der Waals surface area contributed by atoms with Crippen LogP contribution in [-0.4, -0.2) is 39.8 Å². The van der Waals surface area contributed by atoms with Gasteiger partial charge in [-0.05, 0) is 49.4 Å². The highest BCUT2D eigenvalue weighted by Crippen LogP contribution is 2.35. The summed E-state index contributed by atoms with van der Waals surface area (Å²) in [4.78, 5) is 25.2. The van der Waals surface area contributed by atoms with Gasteiger partial charge in [0.25, 0.3) is 0 Å². The van der Waals surface area contributed by atoms with E-state index in [9.17, 15) is 18.0 Å². The molecule has 0 aliphatic carbocycles. The largest absolute Gasteiger partial charge is 0.468 e. The van der Waals surface area contributed by atoms with Gasteiger partial charge >= 0.3 is 12.1 Å². The summed E-state index contributed by atoms with van der Waals surface area (Å²) >= 11 is 0. The van der Waals surface area contributed by atoms with Crippen molar-refractivity contribution in [2.45, 2.75) is 57.9 Å². The Labute approximate surface area is 200 Å². The molecule has 3 N–H and O–H groups in total. The number of nitrogens with zero attached hydrogens (tertiary/aromatic N) is 3. The average molecular weight is 489 g/mol. The SMILES string of the molecule is CC[C@](C)(N)c1cnc(OCC(F)(F)F)c2cnc(Nc3ccc4c(n3)[C@@H](C)[C@H](C)OC4=O)cc12. The van der Waals surface area contributed by atoms with Crippen LogP contribution in [0, 0.1) is 0 Å². The van der Waals surface area contributed by atoms with E-state index >= 15 is 0 Å². The fraction of sp³-hybridized carbons (Fsp3) is 0.417. The van der Waals surface area contributed by atoms with E-state index < -0.39 is 24.3 Å². The summed E-state index contributed by atoms with van der Waals surface area (Å²) in [6.45, 7) is 5.99. The lowest BCUT2D eigenvalue weighted by atomic mass is 9.88. The number of aromatic nitrogens is 3. The van der Waals surface area contributed by atoms with Crippen molar-refractivity contribution < 1.29 is 27.4 Å². The van der Waals surface area contributed by atoms with Crippen molar-refractivity contribution in [3.05, 3.63) is 47.4 Å². The predicted molar refractivity (Wildman–Crippen MR) is 124 cm³/mol. The number of carbonyl (C=O) groups excluding carboxylic acids is 1. The van der Waals surface area contributed by atoms with E-state index in [0.29, 0.717) is 45.6 Å². The Morgan fingerprint density at radius 2 is 1.89 bits per heavy atom. The predicted octanol–water partition coefficient (Wildman–Crippen LogP) is 4.96. The van der Waals surface area contributed by atoms with Gasteiger partial charge < -0.3 is 20.5 Å². The fourth-order valence-electron chi connectivity index (χ4n) is 3.84. The van der Waals surface area contributed by atoms with E-state index in [2.05, 4.69) is 20.3 Å². The van der Waals surface area contributed by atoms with E-state index in [4.69, 9.17) is 15.2 Å². The van der Waals surface area contributed by atoms with Crippen LogP contribution in [0.15, 0.2) is 30.6 Å². The second-order valence-electron chi connectivity index (χ2n) is 8.92. The zero-order valence-electron chi connectivity index (χ0n) is 19.7. The second kappa shape index (κ2) is 8.95. The molecule has 186 valence electrons. The third-order valence-electron chi connectivity index (χ3n) is 6.29. The van der Waals surface area contributed by atoms with Gasteiger partial charge in [-0.3, -0.25) is 0 Å². The van der Waals surface area contributed by atoms with Gasteiger partial charge in [0.1, 0.15) is 17.7 Å². The first-order valence-corrected chi connectivity index (χ1v) is 11.2. The van der Waals surface area contributed by atoms with Crippen LogP contribution in [0.5, 0.6) is 5.88 Å². The first-order chi connectivity index (χ1) is 16.4. The molecule has 4 rings (SSSR count). The van der Waals surface area contributed by atoms with Crippen LogP contribution in [0.1, 0.15) is 61.6 Å². The van der Waals surface area contributed by atoms with Crippen molar-refractivity contribution >= 4 is 28.4 Å². The van der Waals surface area contributed by atoms with Gasteiger partial charge in [0.2, 0.25) is 5.88 Å². The standard InChI is InChI=1S/C24H26F3N5O3/c1-5-23(4,28)17-10-30-21(34-11-24(25,26)27)16-9-29-19(8-15(16)17)31-18-7-6-14-20(32-18)12(2)13(3)35-22(14)33/h6-10,12-13H,5,11,28H2,1-4H3,(H,29,31,32)/t12-,13-,23-/m0/s1. The van der Waals surface area contributed by atoms with E-state index in [1.54, 1.807) is 18.2 Å². The number of fused-ring (bicyclic) bond motifs is 2. The first kappa shape index (κ1) is 24.6. The Hall–Kier alpha value is -3.47. The summed E-state index contributed by atoms with van der Waals surface area (Å²) in [7, 11) is 0. The highest BCUT2D eigenvalue weighted by atomic mass is 19.4. The monoisotopic (exact) mass is 489 g/mol. The molecule has 0 bridgehead atoms. The number of nitrogens with two attached hydrogens (primary N) is 1. The molecule has 4 heterocycles. The first-order valence-electron chi connectivity index (χ1n) is 11.2. The Kier molecular flexibility index (Phi) is 6.31. The number of nitrogens with one attached hydrogen (secondary N) is 1. The fourth-order valence-corrected chi connectivity index (χ4v) is 3.84. The highest BCUT2D eigenvalue weighted by Gasteiger charge is 2.32. The number of alkyl halides is 3. The van der Waals surface area contributed by atoms with Gasteiger partial charge in [0, 0.05) is 23.9 Å². The number of cyclic esters (lactones) is 1. The summed E-state index contributed by atoms with van der Waals surface area (Å²) in [6.07, 6.45) is -1.42. The summed E-state index contributed by atoms with van der Waals surface area (Å²) < 4.78 is 48.5. The number of carbonyl (C=O) groups is 1. The molecule has 1 aliphatic rings. The zero-order valence-corrected chi connectivity index (χ0v) is 19.7. The minimum Gasteiger partial charge on any atom is -0.468 e. The molecule has 0 aromatic carbocycles. The number of halogens is 3. The molecule has 0 fully saturated rings.